The molecule has 0 saturated carbocycles. The average Bonchev–Trinajstić information content (AvgIpc) is 2.96. The number of anilines is 1. The zero-order valence-corrected chi connectivity index (χ0v) is 17.1. The number of aromatic hydroxyl groups is 1. The molecule has 0 aliphatic carbocycles. The third-order valence-corrected chi connectivity index (χ3v) is 5.36. The van der Waals surface area contributed by atoms with Crippen LogP contribution in [0, 0.1) is 0 Å². The van der Waals surface area contributed by atoms with Crippen LogP contribution in [0.5, 0.6) is 5.75 Å². The van der Waals surface area contributed by atoms with Gasteiger partial charge >= 0.3 is 0 Å². The normalized spacial score (nSPS) is 14.1. The number of fused-ring (bicyclic) bond motifs is 3. The Morgan fingerprint density at radius 2 is 2.10 bits per heavy atom. The Hall–Kier alpha value is -2.96. The van der Waals surface area contributed by atoms with Crippen molar-refractivity contribution in [2.24, 2.45) is 4.99 Å². The van der Waals surface area contributed by atoms with Crippen molar-refractivity contribution < 1.29 is 5.11 Å². The van der Waals surface area contributed by atoms with E-state index in [-0.39, 0.29) is 11.8 Å². The second-order valence-electron chi connectivity index (χ2n) is 7.15. The first kappa shape index (κ1) is 19.4. The number of hydrogen-bond acceptors (Lipinski definition) is 6. The molecule has 148 valence electrons. The second-order valence-corrected chi connectivity index (χ2v) is 7.55. The van der Waals surface area contributed by atoms with Crippen molar-refractivity contribution in [1.29, 1.82) is 0 Å². The predicted molar refractivity (Wildman–Crippen MR) is 119 cm³/mol. The van der Waals surface area contributed by atoms with Gasteiger partial charge < -0.3 is 15.3 Å². The third-order valence-electron chi connectivity index (χ3n) is 5.02. The summed E-state index contributed by atoms with van der Waals surface area (Å²) < 4.78 is 0. The van der Waals surface area contributed by atoms with Crippen LogP contribution < -0.4 is 5.32 Å². The van der Waals surface area contributed by atoms with E-state index in [1.54, 1.807) is 18.5 Å². The Morgan fingerprint density at radius 3 is 2.90 bits per heavy atom. The van der Waals surface area contributed by atoms with Gasteiger partial charge in [-0.1, -0.05) is 35.9 Å². The number of phenolic OH excluding ortho intramolecular Hbond substituents is 1. The number of phenols is 1. The summed E-state index contributed by atoms with van der Waals surface area (Å²) in [6.07, 6.45) is 7.88. The Labute approximate surface area is 174 Å². The van der Waals surface area contributed by atoms with Gasteiger partial charge in [-0.25, -0.2) is 9.97 Å². The SMILES string of the molecule is CN(C)C(CNc1ncc2cc(O)c3c(c2n1)N=CC=CC3)c1ccccc1Cl. The second kappa shape index (κ2) is 8.19. The lowest BCUT2D eigenvalue weighted by molar-refractivity contribution is 0.311. The van der Waals surface area contributed by atoms with Crippen molar-refractivity contribution in [2.75, 3.05) is 26.0 Å². The van der Waals surface area contributed by atoms with Gasteiger partial charge in [-0.3, -0.25) is 4.99 Å². The fourth-order valence-electron chi connectivity index (χ4n) is 3.48. The molecule has 1 unspecified atom stereocenters. The number of nitrogens with one attached hydrogen (secondary N) is 1. The number of aliphatic imine (C=N–C) groups is 1. The molecule has 3 aromatic rings. The standard InChI is InChI=1S/C22H22ClN5O/c1-28(2)18(15-7-3-4-9-17(15)23)13-26-22-25-12-14-11-19(29)16-8-5-6-10-24-21(16)20(14)27-22/h3-7,9-12,18,29H,8,13H2,1-2H3,(H,25,26,27). The molecule has 0 bridgehead atoms. The van der Waals surface area contributed by atoms with Crippen molar-refractivity contribution in [3.63, 3.8) is 0 Å². The largest absolute Gasteiger partial charge is 0.508 e. The highest BCUT2D eigenvalue weighted by Crippen LogP contribution is 2.37. The molecule has 0 spiro atoms. The fraction of sp³-hybridized carbons (Fsp3) is 0.227. The highest BCUT2D eigenvalue weighted by Gasteiger charge is 2.18. The monoisotopic (exact) mass is 407 g/mol. The molecule has 1 atom stereocenters. The highest BCUT2D eigenvalue weighted by atomic mass is 35.5. The summed E-state index contributed by atoms with van der Waals surface area (Å²) in [4.78, 5) is 15.7. The zero-order valence-electron chi connectivity index (χ0n) is 16.3. The molecular weight excluding hydrogens is 386 g/mol. The molecule has 29 heavy (non-hydrogen) atoms. The molecule has 2 aromatic carbocycles. The molecule has 0 radical (unpaired) electrons. The molecule has 6 nitrogen and oxygen atoms in total. The van der Waals surface area contributed by atoms with Crippen molar-refractivity contribution in [3.8, 4) is 5.75 Å². The summed E-state index contributed by atoms with van der Waals surface area (Å²) in [6, 6.07) is 9.59. The number of nitrogens with zero attached hydrogens (tertiary/aromatic N) is 4. The van der Waals surface area contributed by atoms with Crippen LogP contribution in [0.1, 0.15) is 17.2 Å². The average molecular weight is 408 g/mol. The Balaban J connectivity index is 1.65. The quantitative estimate of drug-likeness (QED) is 0.650. The lowest BCUT2D eigenvalue weighted by atomic mass is 10.1. The van der Waals surface area contributed by atoms with Gasteiger partial charge in [-0.15, -0.1) is 0 Å². The molecule has 7 heteroatoms. The van der Waals surface area contributed by atoms with Crippen molar-refractivity contribution in [2.45, 2.75) is 12.5 Å². The van der Waals surface area contributed by atoms with Crippen molar-refractivity contribution in [1.82, 2.24) is 14.9 Å². The molecule has 1 aromatic heterocycles. The number of allylic oxidation sites excluding steroid dienone is 2. The minimum Gasteiger partial charge on any atom is -0.508 e. The molecule has 4 rings (SSSR count). The van der Waals surface area contributed by atoms with Crippen molar-refractivity contribution >= 4 is 40.4 Å². The molecule has 2 N–H and O–H groups in total. The van der Waals surface area contributed by atoms with Gasteiger partial charge in [0.15, 0.2) is 0 Å². The predicted octanol–water partition coefficient (Wildman–Crippen LogP) is 4.52. The van der Waals surface area contributed by atoms with Crippen LogP contribution in [-0.4, -0.2) is 46.8 Å². The van der Waals surface area contributed by atoms with Crippen LogP contribution in [0.2, 0.25) is 5.02 Å². The maximum absolute atomic E-state index is 10.3. The van der Waals surface area contributed by atoms with Crippen LogP contribution in [-0.2, 0) is 6.42 Å². The zero-order chi connectivity index (χ0) is 20.4. The van der Waals surface area contributed by atoms with Gasteiger partial charge in [0.05, 0.1) is 11.7 Å². The van der Waals surface area contributed by atoms with E-state index in [9.17, 15) is 5.11 Å². The summed E-state index contributed by atoms with van der Waals surface area (Å²) in [7, 11) is 4.03. The summed E-state index contributed by atoms with van der Waals surface area (Å²) >= 11 is 6.40. The Bertz CT molecular complexity index is 1110. The fourth-order valence-corrected chi connectivity index (χ4v) is 3.74. The molecule has 0 amide bonds. The van der Waals surface area contributed by atoms with E-state index < -0.39 is 0 Å². The van der Waals surface area contributed by atoms with Gasteiger partial charge in [0.25, 0.3) is 0 Å². The smallest absolute Gasteiger partial charge is 0.223 e. The lowest BCUT2D eigenvalue weighted by Crippen LogP contribution is -2.27. The van der Waals surface area contributed by atoms with Gasteiger partial charge in [-0.05, 0) is 44.3 Å². The number of aromatic nitrogens is 2. The first-order valence-corrected chi connectivity index (χ1v) is 9.78. The van der Waals surface area contributed by atoms with Crippen LogP contribution in [0.25, 0.3) is 10.9 Å². The van der Waals surface area contributed by atoms with Gasteiger partial charge in [0, 0.05) is 34.9 Å². The minimum atomic E-state index is 0.0575. The van der Waals surface area contributed by atoms with E-state index in [1.165, 1.54) is 0 Å². The maximum Gasteiger partial charge on any atom is 0.223 e. The van der Waals surface area contributed by atoms with Crippen LogP contribution in [0.4, 0.5) is 11.6 Å². The van der Waals surface area contributed by atoms with Crippen LogP contribution >= 0.6 is 11.6 Å². The Kier molecular flexibility index (Phi) is 5.47. The molecule has 0 fully saturated rings. The van der Waals surface area contributed by atoms with E-state index in [0.29, 0.717) is 24.6 Å². The number of benzene rings is 2. The molecule has 0 saturated heterocycles. The first-order chi connectivity index (χ1) is 14.0. The van der Waals surface area contributed by atoms with Gasteiger partial charge in [0.1, 0.15) is 11.3 Å². The van der Waals surface area contributed by atoms with E-state index in [4.69, 9.17) is 16.6 Å². The highest BCUT2D eigenvalue weighted by molar-refractivity contribution is 6.31. The van der Waals surface area contributed by atoms with E-state index in [0.717, 1.165) is 27.1 Å². The van der Waals surface area contributed by atoms with Crippen LogP contribution in [0.15, 0.2) is 53.7 Å². The van der Waals surface area contributed by atoms with E-state index >= 15 is 0 Å². The summed E-state index contributed by atoms with van der Waals surface area (Å²) in [5.74, 6) is 0.726. The number of rotatable bonds is 5. The maximum atomic E-state index is 10.3. The van der Waals surface area contributed by atoms with E-state index in [1.807, 2.05) is 50.5 Å². The number of likely N-dealkylation sites (N-methyl/N-ethyl adjacent to an activating group) is 1. The Morgan fingerprint density at radius 1 is 1.28 bits per heavy atom. The van der Waals surface area contributed by atoms with Crippen LogP contribution in [0.3, 0.4) is 0 Å². The molecular formula is C22H22ClN5O. The summed E-state index contributed by atoms with van der Waals surface area (Å²) in [6.45, 7) is 0.591. The van der Waals surface area contributed by atoms with Gasteiger partial charge in [-0.2, -0.15) is 0 Å². The first-order valence-electron chi connectivity index (χ1n) is 9.40. The molecule has 1 aliphatic rings. The van der Waals surface area contributed by atoms with Crippen molar-refractivity contribution in [3.05, 3.63) is 64.8 Å². The molecule has 2 heterocycles. The minimum absolute atomic E-state index is 0.0575. The number of hydrogen-bond donors (Lipinski definition) is 2. The van der Waals surface area contributed by atoms with Gasteiger partial charge in [0.2, 0.25) is 5.95 Å². The topological polar surface area (TPSA) is 73.6 Å². The molecule has 1 aliphatic heterocycles. The summed E-state index contributed by atoms with van der Waals surface area (Å²) in [5, 5.41) is 15.2. The third kappa shape index (κ3) is 3.95. The summed E-state index contributed by atoms with van der Waals surface area (Å²) in [5.41, 5.74) is 3.22. The number of halogens is 1. The van der Waals surface area contributed by atoms with E-state index in [2.05, 4.69) is 20.2 Å². The lowest BCUT2D eigenvalue weighted by Gasteiger charge is -2.26.